The van der Waals surface area contributed by atoms with Gasteiger partial charge in [0.05, 0.1) is 0 Å². The Morgan fingerprint density at radius 3 is 2.33 bits per heavy atom. The van der Waals surface area contributed by atoms with Crippen molar-refractivity contribution in [1.82, 2.24) is 4.90 Å². The van der Waals surface area contributed by atoms with Crippen molar-refractivity contribution >= 4 is 18.0 Å². The fraction of sp³-hybridized carbons (Fsp3) is 0.412. The summed E-state index contributed by atoms with van der Waals surface area (Å²) in [6.45, 7) is 7.67. The number of benzene rings is 1. The molecule has 0 saturated carbocycles. The third-order valence-corrected chi connectivity index (χ3v) is 3.47. The van der Waals surface area contributed by atoms with Gasteiger partial charge in [-0.15, -0.1) is 0 Å². The molecule has 1 aromatic rings. The highest BCUT2D eigenvalue weighted by Gasteiger charge is 2.15. The lowest BCUT2D eigenvalue weighted by Gasteiger charge is -2.24. The number of carbonyl (C=O) groups is 2. The molecule has 0 aliphatic heterocycles. The van der Waals surface area contributed by atoms with Gasteiger partial charge in [0, 0.05) is 24.7 Å². The van der Waals surface area contributed by atoms with Crippen molar-refractivity contribution in [2.24, 2.45) is 5.92 Å². The minimum absolute atomic E-state index is 0.0200. The molecule has 0 spiro atoms. The highest BCUT2D eigenvalue weighted by molar-refractivity contribution is 5.94. The number of nitrogens with zero attached hydrogens (tertiary/aromatic N) is 1. The molecule has 0 bridgehead atoms. The smallest absolute Gasteiger partial charge is 0.328 e. The van der Waals surface area contributed by atoms with Crippen molar-refractivity contribution in [3.05, 3.63) is 41.5 Å². The summed E-state index contributed by atoms with van der Waals surface area (Å²) in [6, 6.07) is 6.99. The largest absolute Gasteiger partial charge is 0.478 e. The van der Waals surface area contributed by atoms with Crippen molar-refractivity contribution in [2.45, 2.75) is 27.2 Å². The maximum absolute atomic E-state index is 12.4. The van der Waals surface area contributed by atoms with E-state index in [1.165, 1.54) is 6.08 Å². The molecule has 1 unspecified atom stereocenters. The summed E-state index contributed by atoms with van der Waals surface area (Å²) in [5, 5.41) is 8.58. The summed E-state index contributed by atoms with van der Waals surface area (Å²) in [7, 11) is 0. The second kappa shape index (κ2) is 8.25. The number of aliphatic carboxylic acids is 1. The highest BCUT2D eigenvalue weighted by Crippen LogP contribution is 2.12. The van der Waals surface area contributed by atoms with Crippen LogP contribution < -0.4 is 0 Å². The molecular formula is C17H23NO3. The Hall–Kier alpha value is -2.10. The van der Waals surface area contributed by atoms with E-state index in [2.05, 4.69) is 13.8 Å². The quantitative estimate of drug-likeness (QED) is 0.784. The first-order valence-electron chi connectivity index (χ1n) is 7.28. The lowest BCUT2D eigenvalue weighted by atomic mass is 10.1. The number of hydrogen-bond donors (Lipinski definition) is 1. The van der Waals surface area contributed by atoms with Gasteiger partial charge < -0.3 is 10.0 Å². The molecule has 0 radical (unpaired) electrons. The second-order valence-electron chi connectivity index (χ2n) is 5.15. The average Bonchev–Trinajstić information content (AvgIpc) is 2.50. The monoisotopic (exact) mass is 289 g/mol. The zero-order valence-corrected chi connectivity index (χ0v) is 12.9. The van der Waals surface area contributed by atoms with Crippen molar-refractivity contribution in [3.8, 4) is 0 Å². The molecule has 0 aliphatic carbocycles. The molecular weight excluding hydrogens is 266 g/mol. The molecule has 0 heterocycles. The molecule has 114 valence electrons. The average molecular weight is 289 g/mol. The molecule has 1 rings (SSSR count). The van der Waals surface area contributed by atoms with Crippen molar-refractivity contribution in [1.29, 1.82) is 0 Å². The number of rotatable bonds is 7. The van der Waals surface area contributed by atoms with E-state index in [1.54, 1.807) is 24.3 Å². The number of amides is 1. The molecule has 0 saturated heterocycles. The van der Waals surface area contributed by atoms with E-state index in [9.17, 15) is 9.59 Å². The van der Waals surface area contributed by atoms with Gasteiger partial charge in [0.25, 0.3) is 5.91 Å². The Labute approximate surface area is 126 Å². The van der Waals surface area contributed by atoms with E-state index in [4.69, 9.17) is 5.11 Å². The van der Waals surface area contributed by atoms with Crippen LogP contribution in [0.3, 0.4) is 0 Å². The highest BCUT2D eigenvalue weighted by atomic mass is 16.4. The molecule has 0 aliphatic rings. The number of carboxylic acid groups (broad SMARTS) is 1. The van der Waals surface area contributed by atoms with E-state index in [-0.39, 0.29) is 5.91 Å². The first kappa shape index (κ1) is 17.0. The number of carbonyl (C=O) groups excluding carboxylic acids is 1. The van der Waals surface area contributed by atoms with Gasteiger partial charge in [0.15, 0.2) is 0 Å². The minimum Gasteiger partial charge on any atom is -0.478 e. The van der Waals surface area contributed by atoms with Gasteiger partial charge in [-0.1, -0.05) is 32.4 Å². The minimum atomic E-state index is -0.985. The van der Waals surface area contributed by atoms with E-state index in [0.29, 0.717) is 18.0 Å². The van der Waals surface area contributed by atoms with E-state index >= 15 is 0 Å². The number of carboxylic acids is 1. The fourth-order valence-electron chi connectivity index (χ4n) is 1.95. The Bertz CT molecular complexity index is 505. The lowest BCUT2D eigenvalue weighted by Crippen LogP contribution is -2.34. The number of hydrogen-bond acceptors (Lipinski definition) is 2. The standard InChI is InChI=1S/C17H23NO3/c1-4-13(3)12-18(5-2)17(21)15-9-6-14(7-10-15)8-11-16(19)20/h6-11,13H,4-5,12H2,1-3H3,(H,19,20). The topological polar surface area (TPSA) is 57.6 Å². The SMILES string of the molecule is CCC(C)CN(CC)C(=O)c1ccc(C=CC(=O)O)cc1. The zero-order chi connectivity index (χ0) is 15.8. The van der Waals surface area contributed by atoms with Gasteiger partial charge in [0.1, 0.15) is 0 Å². The van der Waals surface area contributed by atoms with E-state index < -0.39 is 5.97 Å². The van der Waals surface area contributed by atoms with Crippen molar-refractivity contribution in [3.63, 3.8) is 0 Å². The molecule has 21 heavy (non-hydrogen) atoms. The van der Waals surface area contributed by atoms with Crippen LogP contribution in [-0.2, 0) is 4.79 Å². The molecule has 1 aromatic carbocycles. The predicted molar refractivity (Wildman–Crippen MR) is 84.1 cm³/mol. The molecule has 1 N–H and O–H groups in total. The summed E-state index contributed by atoms with van der Waals surface area (Å²) in [4.78, 5) is 24.7. The van der Waals surface area contributed by atoms with Crippen LogP contribution in [0.15, 0.2) is 30.3 Å². The van der Waals surface area contributed by atoms with Crippen molar-refractivity contribution in [2.75, 3.05) is 13.1 Å². The summed E-state index contributed by atoms with van der Waals surface area (Å²) in [5.74, 6) is -0.487. The maximum Gasteiger partial charge on any atom is 0.328 e. The summed E-state index contributed by atoms with van der Waals surface area (Å²) < 4.78 is 0. The predicted octanol–water partition coefficient (Wildman–Crippen LogP) is 3.29. The van der Waals surface area contributed by atoms with E-state index in [0.717, 1.165) is 24.6 Å². The summed E-state index contributed by atoms with van der Waals surface area (Å²) >= 11 is 0. The van der Waals surface area contributed by atoms with Crippen molar-refractivity contribution < 1.29 is 14.7 Å². The van der Waals surface area contributed by atoms with Gasteiger partial charge in [-0.05, 0) is 36.6 Å². The molecule has 0 aromatic heterocycles. The van der Waals surface area contributed by atoms with Gasteiger partial charge in [-0.3, -0.25) is 4.79 Å². The van der Waals surface area contributed by atoms with Gasteiger partial charge in [-0.2, -0.15) is 0 Å². The summed E-state index contributed by atoms with van der Waals surface area (Å²) in [6.07, 6.45) is 3.63. The van der Waals surface area contributed by atoms with Crippen LogP contribution in [0.1, 0.15) is 43.1 Å². The van der Waals surface area contributed by atoms with Gasteiger partial charge in [-0.25, -0.2) is 4.79 Å². The Balaban J connectivity index is 2.79. The maximum atomic E-state index is 12.4. The van der Waals surface area contributed by atoms with Crippen LogP contribution >= 0.6 is 0 Å². The third-order valence-electron chi connectivity index (χ3n) is 3.47. The van der Waals surface area contributed by atoms with Gasteiger partial charge >= 0.3 is 5.97 Å². The third kappa shape index (κ3) is 5.42. The van der Waals surface area contributed by atoms with Crippen LogP contribution in [-0.4, -0.2) is 35.0 Å². The molecule has 0 fully saturated rings. The molecule has 1 amide bonds. The second-order valence-corrected chi connectivity index (χ2v) is 5.15. The normalized spacial score (nSPS) is 12.3. The van der Waals surface area contributed by atoms with Crippen LogP contribution in [0.5, 0.6) is 0 Å². The molecule has 4 nitrogen and oxygen atoms in total. The Kier molecular flexibility index (Phi) is 6.66. The van der Waals surface area contributed by atoms with Gasteiger partial charge in [0.2, 0.25) is 0 Å². The Morgan fingerprint density at radius 2 is 1.86 bits per heavy atom. The fourth-order valence-corrected chi connectivity index (χ4v) is 1.95. The van der Waals surface area contributed by atoms with Crippen LogP contribution in [0.4, 0.5) is 0 Å². The Morgan fingerprint density at radius 1 is 1.24 bits per heavy atom. The van der Waals surface area contributed by atoms with E-state index in [1.807, 2.05) is 11.8 Å². The lowest BCUT2D eigenvalue weighted by molar-refractivity contribution is -0.131. The zero-order valence-electron chi connectivity index (χ0n) is 12.9. The van der Waals surface area contributed by atoms with Crippen LogP contribution in [0, 0.1) is 5.92 Å². The summed E-state index contributed by atoms with van der Waals surface area (Å²) in [5.41, 5.74) is 1.39. The first-order chi connectivity index (χ1) is 9.97. The first-order valence-corrected chi connectivity index (χ1v) is 7.28. The molecule has 1 atom stereocenters. The van der Waals surface area contributed by atoms with Crippen LogP contribution in [0.25, 0.3) is 6.08 Å². The molecule has 4 heteroatoms. The van der Waals surface area contributed by atoms with Crippen LogP contribution in [0.2, 0.25) is 0 Å².